The normalized spacial score (nSPS) is 15.6. The molecule has 2 N–H and O–H groups in total. The maximum absolute atomic E-state index is 12.2. The van der Waals surface area contributed by atoms with Crippen LogP contribution in [0.3, 0.4) is 0 Å². The average molecular weight is 287 g/mol. The van der Waals surface area contributed by atoms with E-state index in [1.54, 1.807) is 6.20 Å². The van der Waals surface area contributed by atoms with Gasteiger partial charge in [-0.15, -0.1) is 0 Å². The van der Waals surface area contributed by atoms with E-state index in [4.69, 9.17) is 5.73 Å². The molecule has 0 bridgehead atoms. The number of carbonyl (C=O) groups excluding carboxylic acids is 1. The summed E-state index contributed by atoms with van der Waals surface area (Å²) in [6, 6.07) is 1.91. The van der Waals surface area contributed by atoms with Crippen LogP contribution in [-0.4, -0.2) is 38.4 Å². The van der Waals surface area contributed by atoms with Gasteiger partial charge in [-0.05, 0) is 37.8 Å². The zero-order valence-electron chi connectivity index (χ0n) is 12.4. The third kappa shape index (κ3) is 2.70. The van der Waals surface area contributed by atoms with E-state index in [1.807, 2.05) is 22.5 Å². The van der Waals surface area contributed by atoms with Crippen molar-refractivity contribution < 1.29 is 4.79 Å². The molecule has 0 radical (unpaired) electrons. The number of imidazole rings is 1. The lowest BCUT2D eigenvalue weighted by atomic mass is 10.1. The van der Waals surface area contributed by atoms with Gasteiger partial charge in [0.15, 0.2) is 5.65 Å². The lowest BCUT2D eigenvalue weighted by Gasteiger charge is -2.26. The fourth-order valence-corrected chi connectivity index (χ4v) is 2.88. The molecule has 2 aromatic heterocycles. The fourth-order valence-electron chi connectivity index (χ4n) is 2.88. The topological polar surface area (TPSA) is 77.0 Å². The Bertz CT molecular complexity index is 657. The first-order chi connectivity index (χ1) is 10.2. The number of aryl methyl sites for hydroxylation is 2. The largest absolute Gasteiger partial charge is 0.369 e. The number of pyridine rings is 1. The summed E-state index contributed by atoms with van der Waals surface area (Å²) in [5.74, 6) is 0.627. The standard InChI is InChI=1S/C15H21N5O/c1-11-5-7-17-14-13(11)18-15(16)20(14)10-6-12(21)19-8-3-2-4-9-19/h5,7H,2-4,6,8-10H2,1H3,(H2,16,18). The number of anilines is 1. The van der Waals surface area contributed by atoms with E-state index >= 15 is 0 Å². The van der Waals surface area contributed by atoms with E-state index in [1.165, 1.54) is 6.42 Å². The maximum atomic E-state index is 12.2. The second-order valence-electron chi connectivity index (χ2n) is 5.61. The number of nitrogens with two attached hydrogens (primary N) is 1. The summed E-state index contributed by atoms with van der Waals surface area (Å²) in [4.78, 5) is 22.9. The van der Waals surface area contributed by atoms with Gasteiger partial charge in [-0.2, -0.15) is 0 Å². The van der Waals surface area contributed by atoms with Crippen LogP contribution in [0.1, 0.15) is 31.2 Å². The van der Waals surface area contributed by atoms with Crippen molar-refractivity contribution in [2.45, 2.75) is 39.2 Å². The Hall–Kier alpha value is -2.11. The second kappa shape index (κ2) is 5.71. The molecular formula is C15H21N5O. The van der Waals surface area contributed by atoms with Crippen molar-refractivity contribution in [3.05, 3.63) is 17.8 Å². The highest BCUT2D eigenvalue weighted by Crippen LogP contribution is 2.19. The van der Waals surface area contributed by atoms with Crippen molar-refractivity contribution in [3.8, 4) is 0 Å². The van der Waals surface area contributed by atoms with E-state index < -0.39 is 0 Å². The number of rotatable bonds is 3. The molecule has 0 atom stereocenters. The number of nitrogens with zero attached hydrogens (tertiary/aromatic N) is 4. The van der Waals surface area contributed by atoms with E-state index in [0.717, 1.165) is 42.7 Å². The lowest BCUT2D eigenvalue weighted by molar-refractivity contribution is -0.132. The minimum absolute atomic E-state index is 0.198. The van der Waals surface area contributed by atoms with Crippen LogP contribution in [0.15, 0.2) is 12.3 Å². The van der Waals surface area contributed by atoms with Crippen LogP contribution in [0.2, 0.25) is 0 Å². The molecule has 3 rings (SSSR count). The van der Waals surface area contributed by atoms with Crippen LogP contribution < -0.4 is 5.73 Å². The van der Waals surface area contributed by atoms with E-state index in [9.17, 15) is 4.79 Å². The summed E-state index contributed by atoms with van der Waals surface area (Å²) in [5.41, 5.74) is 8.61. The molecule has 1 fully saturated rings. The molecule has 0 aliphatic carbocycles. The first-order valence-electron chi connectivity index (χ1n) is 7.52. The van der Waals surface area contributed by atoms with Gasteiger partial charge in [0.2, 0.25) is 11.9 Å². The third-order valence-electron chi connectivity index (χ3n) is 4.12. The number of aromatic nitrogens is 3. The Kier molecular flexibility index (Phi) is 3.77. The summed E-state index contributed by atoms with van der Waals surface area (Å²) in [5, 5.41) is 0. The Balaban J connectivity index is 1.74. The van der Waals surface area contributed by atoms with Crippen LogP contribution in [0.5, 0.6) is 0 Å². The van der Waals surface area contributed by atoms with E-state index in [-0.39, 0.29) is 5.91 Å². The Morgan fingerprint density at radius 2 is 2.10 bits per heavy atom. The van der Waals surface area contributed by atoms with Crippen LogP contribution in [0.25, 0.3) is 11.2 Å². The smallest absolute Gasteiger partial charge is 0.224 e. The van der Waals surface area contributed by atoms with Crippen molar-refractivity contribution >= 4 is 23.0 Å². The minimum Gasteiger partial charge on any atom is -0.369 e. The summed E-state index contributed by atoms with van der Waals surface area (Å²) >= 11 is 0. The van der Waals surface area contributed by atoms with Gasteiger partial charge in [0, 0.05) is 32.3 Å². The predicted molar refractivity (Wildman–Crippen MR) is 81.7 cm³/mol. The third-order valence-corrected chi connectivity index (χ3v) is 4.12. The summed E-state index contributed by atoms with van der Waals surface area (Å²) in [7, 11) is 0. The number of hydrogen-bond acceptors (Lipinski definition) is 4. The van der Waals surface area contributed by atoms with Crippen molar-refractivity contribution in [3.63, 3.8) is 0 Å². The molecule has 0 spiro atoms. The van der Waals surface area contributed by atoms with Crippen LogP contribution in [0, 0.1) is 6.92 Å². The Morgan fingerprint density at radius 3 is 2.86 bits per heavy atom. The van der Waals surface area contributed by atoms with Gasteiger partial charge in [-0.1, -0.05) is 0 Å². The maximum Gasteiger partial charge on any atom is 0.224 e. The number of fused-ring (bicyclic) bond motifs is 1. The quantitative estimate of drug-likeness (QED) is 0.932. The highest BCUT2D eigenvalue weighted by atomic mass is 16.2. The van der Waals surface area contributed by atoms with Crippen molar-refractivity contribution in [2.24, 2.45) is 0 Å². The number of nitrogen functional groups attached to an aromatic ring is 1. The monoisotopic (exact) mass is 287 g/mol. The second-order valence-corrected chi connectivity index (χ2v) is 5.61. The first kappa shape index (κ1) is 13.9. The Morgan fingerprint density at radius 1 is 1.33 bits per heavy atom. The summed E-state index contributed by atoms with van der Waals surface area (Å²) in [6.07, 6.45) is 5.66. The van der Waals surface area contributed by atoms with E-state index in [2.05, 4.69) is 9.97 Å². The molecule has 6 heteroatoms. The van der Waals surface area contributed by atoms with Crippen molar-refractivity contribution in [1.29, 1.82) is 0 Å². The van der Waals surface area contributed by atoms with Gasteiger partial charge in [-0.3, -0.25) is 9.36 Å². The van der Waals surface area contributed by atoms with Crippen LogP contribution >= 0.6 is 0 Å². The van der Waals surface area contributed by atoms with E-state index in [0.29, 0.717) is 18.9 Å². The summed E-state index contributed by atoms with van der Waals surface area (Å²) < 4.78 is 1.84. The van der Waals surface area contributed by atoms with Gasteiger partial charge < -0.3 is 10.6 Å². The number of carbonyl (C=O) groups is 1. The van der Waals surface area contributed by atoms with Gasteiger partial charge >= 0.3 is 0 Å². The van der Waals surface area contributed by atoms with Gasteiger partial charge in [0.1, 0.15) is 5.52 Å². The molecule has 1 aliphatic heterocycles. The molecule has 1 saturated heterocycles. The summed E-state index contributed by atoms with van der Waals surface area (Å²) in [6.45, 7) is 4.29. The molecule has 3 heterocycles. The molecule has 1 aliphatic rings. The SMILES string of the molecule is Cc1ccnc2c1nc(N)n2CCC(=O)N1CCCCC1. The first-order valence-corrected chi connectivity index (χ1v) is 7.52. The Labute approximate surface area is 124 Å². The predicted octanol–water partition coefficient (Wildman–Crippen LogP) is 1.72. The molecule has 0 aromatic carbocycles. The molecule has 112 valence electrons. The number of likely N-dealkylation sites (tertiary alicyclic amines) is 1. The molecule has 6 nitrogen and oxygen atoms in total. The number of hydrogen-bond donors (Lipinski definition) is 1. The van der Waals surface area contributed by atoms with Gasteiger partial charge in [-0.25, -0.2) is 9.97 Å². The number of piperidine rings is 1. The zero-order chi connectivity index (χ0) is 14.8. The molecule has 0 unspecified atom stereocenters. The van der Waals surface area contributed by atoms with Gasteiger partial charge in [0.25, 0.3) is 0 Å². The molecule has 1 amide bonds. The fraction of sp³-hybridized carbons (Fsp3) is 0.533. The zero-order valence-corrected chi connectivity index (χ0v) is 12.4. The molecule has 21 heavy (non-hydrogen) atoms. The lowest BCUT2D eigenvalue weighted by Crippen LogP contribution is -2.36. The van der Waals surface area contributed by atoms with Crippen LogP contribution in [-0.2, 0) is 11.3 Å². The highest BCUT2D eigenvalue weighted by Gasteiger charge is 2.18. The average Bonchev–Trinajstić information content (AvgIpc) is 2.83. The van der Waals surface area contributed by atoms with Crippen molar-refractivity contribution in [2.75, 3.05) is 18.8 Å². The minimum atomic E-state index is 0.198. The molecule has 0 saturated carbocycles. The van der Waals surface area contributed by atoms with Crippen LogP contribution in [0.4, 0.5) is 5.95 Å². The highest BCUT2D eigenvalue weighted by molar-refractivity contribution is 5.79. The van der Waals surface area contributed by atoms with Gasteiger partial charge in [0.05, 0.1) is 0 Å². The molecular weight excluding hydrogens is 266 g/mol. The molecule has 2 aromatic rings. The number of amides is 1. The van der Waals surface area contributed by atoms with Crippen molar-refractivity contribution in [1.82, 2.24) is 19.4 Å².